The molecule has 2 aromatic heterocycles. The number of nitrogens with zero attached hydrogens (tertiary/aromatic N) is 5. The van der Waals surface area contributed by atoms with Crippen molar-refractivity contribution in [3.63, 3.8) is 0 Å². The molecule has 5 rings (SSSR count). The van der Waals surface area contributed by atoms with Crippen molar-refractivity contribution in [1.29, 1.82) is 0 Å². The van der Waals surface area contributed by atoms with E-state index >= 15 is 4.39 Å². The molecule has 1 amide bonds. The van der Waals surface area contributed by atoms with Crippen LogP contribution in [0.1, 0.15) is 42.1 Å². The molecule has 0 spiro atoms. The van der Waals surface area contributed by atoms with Gasteiger partial charge in [0, 0.05) is 37.8 Å². The fourth-order valence-electron chi connectivity index (χ4n) is 4.46. The highest BCUT2D eigenvalue weighted by Gasteiger charge is 2.32. The van der Waals surface area contributed by atoms with Crippen LogP contribution in [0, 0.1) is 5.82 Å². The lowest BCUT2D eigenvalue weighted by atomic mass is 10.1. The Labute approximate surface area is 197 Å². The minimum Gasteiger partial charge on any atom is -0.477 e. The SMILES string of the molecule is O=C(CCn1nccn1)NC1CCN(c2c(F)cc3c(=O)c(C(=O)O)cn(C4CC4)c3c2Cl)C1. The van der Waals surface area contributed by atoms with Crippen LogP contribution >= 0.6 is 11.6 Å². The first-order chi connectivity index (χ1) is 16.3. The number of carbonyl (C=O) groups excluding carboxylic acids is 1. The van der Waals surface area contributed by atoms with Gasteiger partial charge in [-0.15, -0.1) is 0 Å². The van der Waals surface area contributed by atoms with E-state index < -0.39 is 22.8 Å². The summed E-state index contributed by atoms with van der Waals surface area (Å²) in [6.07, 6.45) is 6.86. The molecule has 1 aliphatic carbocycles. The van der Waals surface area contributed by atoms with Gasteiger partial charge in [-0.25, -0.2) is 9.18 Å². The maximum Gasteiger partial charge on any atom is 0.341 e. The Bertz CT molecular complexity index is 1340. The van der Waals surface area contributed by atoms with E-state index in [2.05, 4.69) is 15.5 Å². The predicted octanol–water partition coefficient (Wildman–Crippen LogP) is 2.20. The van der Waals surface area contributed by atoms with Gasteiger partial charge in [0.15, 0.2) is 0 Å². The Balaban J connectivity index is 1.40. The molecule has 1 aromatic carbocycles. The summed E-state index contributed by atoms with van der Waals surface area (Å²) in [7, 11) is 0. The average Bonchev–Trinajstić information content (AvgIpc) is 3.31. The number of aryl methyl sites for hydroxylation is 1. The molecule has 12 heteroatoms. The molecule has 2 aliphatic rings. The molecule has 178 valence electrons. The maximum atomic E-state index is 15.2. The van der Waals surface area contributed by atoms with Crippen LogP contribution in [-0.2, 0) is 11.3 Å². The number of aromatic carboxylic acids is 1. The Hall–Kier alpha value is -3.47. The summed E-state index contributed by atoms with van der Waals surface area (Å²) >= 11 is 6.68. The van der Waals surface area contributed by atoms with Gasteiger partial charge in [-0.1, -0.05) is 11.6 Å². The predicted molar refractivity (Wildman–Crippen MR) is 122 cm³/mol. The largest absolute Gasteiger partial charge is 0.477 e. The first kappa shape index (κ1) is 22.3. The number of fused-ring (bicyclic) bond motifs is 1. The Morgan fingerprint density at radius 1 is 1.24 bits per heavy atom. The highest BCUT2D eigenvalue weighted by molar-refractivity contribution is 6.38. The van der Waals surface area contributed by atoms with Gasteiger partial charge >= 0.3 is 5.97 Å². The van der Waals surface area contributed by atoms with Gasteiger partial charge in [-0.05, 0) is 25.3 Å². The summed E-state index contributed by atoms with van der Waals surface area (Å²) in [6.45, 7) is 1.18. The minimum absolute atomic E-state index is 0.0203. The van der Waals surface area contributed by atoms with Gasteiger partial charge in [-0.2, -0.15) is 15.0 Å². The molecule has 3 heterocycles. The van der Waals surface area contributed by atoms with Gasteiger partial charge < -0.3 is 19.9 Å². The van der Waals surface area contributed by atoms with Crippen molar-refractivity contribution in [2.75, 3.05) is 18.0 Å². The number of hydrogen-bond acceptors (Lipinski definition) is 6. The van der Waals surface area contributed by atoms with Crippen molar-refractivity contribution in [3.8, 4) is 0 Å². The summed E-state index contributed by atoms with van der Waals surface area (Å²) in [5, 5.41) is 20.3. The lowest BCUT2D eigenvalue weighted by Crippen LogP contribution is -2.37. The van der Waals surface area contributed by atoms with Gasteiger partial charge in [-0.3, -0.25) is 9.59 Å². The van der Waals surface area contributed by atoms with Crippen LogP contribution in [0.5, 0.6) is 0 Å². The molecule has 2 N–H and O–H groups in total. The molecular formula is C22H22ClFN6O4. The van der Waals surface area contributed by atoms with Gasteiger partial charge in [0.25, 0.3) is 0 Å². The molecule has 3 aromatic rings. The van der Waals surface area contributed by atoms with Crippen molar-refractivity contribution in [1.82, 2.24) is 24.9 Å². The molecule has 1 saturated heterocycles. The molecule has 0 radical (unpaired) electrons. The highest BCUT2D eigenvalue weighted by Crippen LogP contribution is 2.42. The van der Waals surface area contributed by atoms with Crippen LogP contribution < -0.4 is 15.6 Å². The molecular weight excluding hydrogens is 467 g/mol. The standard InChI is InChI=1S/C22H22ClFN6O4/c23-18-19-14(21(32)15(22(33)34)11-29(19)13-1-2-13)9-16(24)20(18)28-7-3-12(10-28)27-17(31)4-8-30-25-5-6-26-30/h5-6,9,11-13H,1-4,7-8,10H2,(H,27,31)(H,33,34). The quantitative estimate of drug-likeness (QED) is 0.522. The van der Waals surface area contributed by atoms with Crippen LogP contribution in [0.25, 0.3) is 10.9 Å². The summed E-state index contributed by atoms with van der Waals surface area (Å²) in [4.78, 5) is 39.8. The fraction of sp³-hybridized carbons (Fsp3) is 0.409. The van der Waals surface area contributed by atoms with E-state index in [9.17, 15) is 19.5 Å². The average molecular weight is 489 g/mol. The minimum atomic E-state index is -1.36. The zero-order chi connectivity index (χ0) is 24.0. The number of amides is 1. The highest BCUT2D eigenvalue weighted by atomic mass is 35.5. The van der Waals surface area contributed by atoms with Crippen LogP contribution in [0.4, 0.5) is 10.1 Å². The number of halogens is 2. The van der Waals surface area contributed by atoms with Crippen LogP contribution in [-0.4, -0.2) is 55.7 Å². The van der Waals surface area contributed by atoms with Crippen molar-refractivity contribution in [2.24, 2.45) is 0 Å². The summed E-state index contributed by atoms with van der Waals surface area (Å²) < 4.78 is 16.9. The van der Waals surface area contributed by atoms with Crippen molar-refractivity contribution >= 4 is 40.1 Å². The van der Waals surface area contributed by atoms with Crippen LogP contribution in [0.15, 0.2) is 29.5 Å². The molecule has 0 bridgehead atoms. The number of aromatic nitrogens is 4. The second-order valence-electron chi connectivity index (χ2n) is 8.61. The van der Waals surface area contributed by atoms with Crippen LogP contribution in [0.3, 0.4) is 0 Å². The first-order valence-electron chi connectivity index (χ1n) is 11.0. The van der Waals surface area contributed by atoms with E-state index in [0.29, 0.717) is 31.6 Å². The van der Waals surface area contributed by atoms with E-state index in [4.69, 9.17) is 11.6 Å². The van der Waals surface area contributed by atoms with Crippen molar-refractivity contribution in [3.05, 3.63) is 51.3 Å². The van der Waals surface area contributed by atoms with Gasteiger partial charge in [0.2, 0.25) is 11.3 Å². The van der Waals surface area contributed by atoms with E-state index in [-0.39, 0.29) is 40.5 Å². The number of benzene rings is 1. The number of anilines is 1. The lowest BCUT2D eigenvalue weighted by Gasteiger charge is -2.23. The lowest BCUT2D eigenvalue weighted by molar-refractivity contribution is -0.122. The zero-order valence-corrected chi connectivity index (χ0v) is 18.8. The summed E-state index contributed by atoms with van der Waals surface area (Å²) in [5.74, 6) is -2.21. The third-order valence-corrected chi connectivity index (χ3v) is 6.59. The first-order valence-corrected chi connectivity index (χ1v) is 11.4. The Kier molecular flexibility index (Phi) is 5.72. The number of hydrogen-bond donors (Lipinski definition) is 2. The van der Waals surface area contributed by atoms with Gasteiger partial charge in [0.1, 0.15) is 11.4 Å². The number of carbonyl (C=O) groups is 2. The zero-order valence-electron chi connectivity index (χ0n) is 18.1. The summed E-state index contributed by atoms with van der Waals surface area (Å²) in [6, 6.07) is 0.906. The number of pyridine rings is 1. The Morgan fingerprint density at radius 2 is 1.97 bits per heavy atom. The molecule has 10 nitrogen and oxygen atoms in total. The topological polar surface area (TPSA) is 122 Å². The smallest absolute Gasteiger partial charge is 0.341 e. The number of rotatable bonds is 7. The van der Waals surface area contributed by atoms with E-state index in [1.807, 2.05) is 0 Å². The third-order valence-electron chi connectivity index (χ3n) is 6.23. The molecule has 2 fully saturated rings. The molecule has 1 unspecified atom stereocenters. The summed E-state index contributed by atoms with van der Waals surface area (Å²) in [5.41, 5.74) is -0.667. The molecule has 34 heavy (non-hydrogen) atoms. The van der Waals surface area contributed by atoms with E-state index in [0.717, 1.165) is 18.9 Å². The molecule has 1 aliphatic heterocycles. The normalized spacial score (nSPS) is 17.9. The third kappa shape index (κ3) is 4.11. The van der Waals surface area contributed by atoms with Gasteiger partial charge in [0.05, 0.1) is 40.6 Å². The number of carboxylic acid groups (broad SMARTS) is 1. The number of nitrogens with one attached hydrogen (secondary N) is 1. The van der Waals surface area contributed by atoms with E-state index in [1.54, 1.807) is 21.9 Å². The molecule has 1 saturated carbocycles. The molecule has 1 atom stereocenters. The fourth-order valence-corrected chi connectivity index (χ4v) is 4.86. The van der Waals surface area contributed by atoms with Crippen molar-refractivity contribution < 1.29 is 19.1 Å². The van der Waals surface area contributed by atoms with E-state index in [1.165, 1.54) is 11.0 Å². The number of carboxylic acids is 1. The van der Waals surface area contributed by atoms with Crippen molar-refractivity contribution in [2.45, 2.75) is 44.3 Å². The maximum absolute atomic E-state index is 15.2. The second kappa shape index (κ2) is 8.71. The Morgan fingerprint density at radius 3 is 2.65 bits per heavy atom. The van der Waals surface area contributed by atoms with Crippen LogP contribution in [0.2, 0.25) is 5.02 Å². The second-order valence-corrected chi connectivity index (χ2v) is 8.98. The monoisotopic (exact) mass is 488 g/mol.